The zero-order chi connectivity index (χ0) is 11.8. The summed E-state index contributed by atoms with van der Waals surface area (Å²) in [4.78, 5) is 13.3. The van der Waals surface area contributed by atoms with Crippen molar-refractivity contribution in [2.24, 2.45) is 5.11 Å². The first-order valence-electron chi connectivity index (χ1n) is 4.56. The van der Waals surface area contributed by atoms with Crippen LogP contribution in [0.1, 0.15) is 22.3 Å². The standard InChI is InChI=1S/C11H9N3O2/c12-14-13-7-2-1-5-10-9(8-15)4-3-6-11(10)16/h3-4,6,8,16H,2,7H2. The van der Waals surface area contributed by atoms with E-state index >= 15 is 0 Å². The van der Waals surface area contributed by atoms with Gasteiger partial charge in [-0.3, -0.25) is 4.79 Å². The smallest absolute Gasteiger partial charge is 0.151 e. The molecule has 0 heterocycles. The predicted octanol–water partition coefficient (Wildman–Crippen LogP) is 2.26. The van der Waals surface area contributed by atoms with Gasteiger partial charge in [-0.2, -0.15) is 0 Å². The number of hydrogen-bond acceptors (Lipinski definition) is 3. The molecular formula is C11H9N3O2. The molecule has 0 saturated heterocycles. The van der Waals surface area contributed by atoms with Crippen LogP contribution in [0.3, 0.4) is 0 Å². The number of nitrogens with zero attached hydrogens (tertiary/aromatic N) is 3. The number of aldehydes is 1. The molecule has 0 unspecified atom stereocenters. The molecule has 0 saturated carbocycles. The van der Waals surface area contributed by atoms with Crippen molar-refractivity contribution in [2.75, 3.05) is 6.54 Å². The van der Waals surface area contributed by atoms with Crippen LogP contribution < -0.4 is 0 Å². The number of benzene rings is 1. The van der Waals surface area contributed by atoms with Crippen molar-refractivity contribution in [3.63, 3.8) is 0 Å². The highest BCUT2D eigenvalue weighted by atomic mass is 16.3. The largest absolute Gasteiger partial charge is 0.507 e. The minimum absolute atomic E-state index is 0.0270. The lowest BCUT2D eigenvalue weighted by Gasteiger charge is -1.98. The van der Waals surface area contributed by atoms with Crippen molar-refractivity contribution in [1.82, 2.24) is 0 Å². The summed E-state index contributed by atoms with van der Waals surface area (Å²) >= 11 is 0. The lowest BCUT2D eigenvalue weighted by molar-refractivity contribution is 0.112. The van der Waals surface area contributed by atoms with Gasteiger partial charge >= 0.3 is 0 Å². The van der Waals surface area contributed by atoms with Crippen LogP contribution in [0.4, 0.5) is 0 Å². The number of rotatable bonds is 3. The molecule has 0 radical (unpaired) electrons. The maximum Gasteiger partial charge on any atom is 0.151 e. The zero-order valence-electron chi connectivity index (χ0n) is 8.42. The first-order chi connectivity index (χ1) is 7.79. The van der Waals surface area contributed by atoms with Gasteiger partial charge in [0.05, 0.1) is 5.56 Å². The molecule has 1 rings (SSSR count). The Labute approximate surface area is 92.3 Å². The Morgan fingerprint density at radius 3 is 3.06 bits per heavy atom. The van der Waals surface area contributed by atoms with Crippen molar-refractivity contribution < 1.29 is 9.90 Å². The third kappa shape index (κ3) is 3.05. The average molecular weight is 215 g/mol. The second-order valence-electron chi connectivity index (χ2n) is 2.87. The predicted molar refractivity (Wildman–Crippen MR) is 59.0 cm³/mol. The summed E-state index contributed by atoms with van der Waals surface area (Å²) in [5, 5.41) is 12.8. The fourth-order valence-electron chi connectivity index (χ4n) is 1.09. The summed E-state index contributed by atoms with van der Waals surface area (Å²) in [6.45, 7) is 0.271. The van der Waals surface area contributed by atoms with E-state index in [0.29, 0.717) is 23.8 Å². The number of aromatic hydroxyl groups is 1. The van der Waals surface area contributed by atoms with Crippen LogP contribution in [-0.4, -0.2) is 17.9 Å². The molecule has 1 N–H and O–H groups in total. The van der Waals surface area contributed by atoms with Gasteiger partial charge in [0.25, 0.3) is 0 Å². The first-order valence-corrected chi connectivity index (χ1v) is 4.56. The molecule has 80 valence electrons. The van der Waals surface area contributed by atoms with E-state index in [1.807, 2.05) is 0 Å². The van der Waals surface area contributed by atoms with Gasteiger partial charge in [-0.15, -0.1) is 0 Å². The maximum atomic E-state index is 10.7. The van der Waals surface area contributed by atoms with Gasteiger partial charge in [-0.25, -0.2) is 0 Å². The number of carbonyl (C=O) groups is 1. The van der Waals surface area contributed by atoms with Gasteiger partial charge in [-0.1, -0.05) is 29.1 Å². The van der Waals surface area contributed by atoms with Gasteiger partial charge in [0.1, 0.15) is 5.75 Å². The molecule has 0 amide bonds. The molecule has 1 aromatic carbocycles. The number of azide groups is 1. The van der Waals surface area contributed by atoms with Crippen LogP contribution in [0.2, 0.25) is 0 Å². The van der Waals surface area contributed by atoms with E-state index in [0.717, 1.165) is 0 Å². The molecule has 16 heavy (non-hydrogen) atoms. The Hall–Kier alpha value is -2.44. The Morgan fingerprint density at radius 2 is 2.38 bits per heavy atom. The fourth-order valence-corrected chi connectivity index (χ4v) is 1.09. The van der Waals surface area contributed by atoms with Crippen LogP contribution >= 0.6 is 0 Å². The number of phenols is 1. The minimum Gasteiger partial charge on any atom is -0.507 e. The summed E-state index contributed by atoms with van der Waals surface area (Å²) in [6.07, 6.45) is 1.02. The topological polar surface area (TPSA) is 86.1 Å². The molecule has 0 aliphatic rings. The molecule has 1 aromatic rings. The van der Waals surface area contributed by atoms with Gasteiger partial charge in [0, 0.05) is 23.4 Å². The molecular weight excluding hydrogens is 206 g/mol. The van der Waals surface area contributed by atoms with Crippen molar-refractivity contribution >= 4 is 6.29 Å². The van der Waals surface area contributed by atoms with E-state index in [-0.39, 0.29) is 12.3 Å². The fraction of sp³-hybridized carbons (Fsp3) is 0.182. The maximum absolute atomic E-state index is 10.7. The Bertz CT molecular complexity index is 494. The molecule has 0 bridgehead atoms. The SMILES string of the molecule is [N-]=[N+]=NCCC#Cc1c(O)cccc1C=O. The van der Waals surface area contributed by atoms with Crippen LogP contribution in [0, 0.1) is 11.8 Å². The number of carbonyl (C=O) groups excluding carboxylic acids is 1. The lowest BCUT2D eigenvalue weighted by Crippen LogP contribution is -1.87. The van der Waals surface area contributed by atoms with Crippen molar-refractivity contribution in [3.8, 4) is 17.6 Å². The van der Waals surface area contributed by atoms with Crippen LogP contribution in [0.5, 0.6) is 5.75 Å². The summed E-state index contributed by atoms with van der Waals surface area (Å²) < 4.78 is 0. The van der Waals surface area contributed by atoms with Crippen LogP contribution in [0.25, 0.3) is 10.4 Å². The van der Waals surface area contributed by atoms with E-state index in [4.69, 9.17) is 5.53 Å². The number of phenolic OH excluding ortho intramolecular Hbond substituents is 1. The molecule has 5 nitrogen and oxygen atoms in total. The Balaban J connectivity index is 2.86. The van der Waals surface area contributed by atoms with Crippen LogP contribution in [-0.2, 0) is 0 Å². The first kappa shape index (κ1) is 11.6. The minimum atomic E-state index is -0.0270. The van der Waals surface area contributed by atoms with E-state index in [1.54, 1.807) is 12.1 Å². The Morgan fingerprint density at radius 1 is 1.56 bits per heavy atom. The van der Waals surface area contributed by atoms with E-state index < -0.39 is 0 Å². The average Bonchev–Trinajstić information content (AvgIpc) is 2.30. The van der Waals surface area contributed by atoms with Gasteiger partial charge in [-0.05, 0) is 11.6 Å². The second kappa shape index (κ2) is 6.12. The molecule has 0 atom stereocenters. The van der Waals surface area contributed by atoms with Gasteiger partial charge in [0.2, 0.25) is 0 Å². The van der Waals surface area contributed by atoms with Crippen molar-refractivity contribution in [1.29, 1.82) is 0 Å². The molecule has 0 fully saturated rings. The molecule has 0 aliphatic heterocycles. The summed E-state index contributed by atoms with van der Waals surface area (Å²) in [7, 11) is 0. The lowest BCUT2D eigenvalue weighted by atomic mass is 10.1. The highest BCUT2D eigenvalue weighted by Gasteiger charge is 2.02. The highest BCUT2D eigenvalue weighted by molar-refractivity contribution is 5.81. The van der Waals surface area contributed by atoms with Gasteiger partial charge in [0.15, 0.2) is 6.29 Å². The van der Waals surface area contributed by atoms with E-state index in [1.165, 1.54) is 6.07 Å². The third-order valence-corrected chi connectivity index (χ3v) is 1.82. The molecule has 5 heteroatoms. The van der Waals surface area contributed by atoms with Crippen molar-refractivity contribution in [3.05, 3.63) is 39.8 Å². The third-order valence-electron chi connectivity index (χ3n) is 1.82. The molecule has 0 aliphatic carbocycles. The molecule has 0 spiro atoms. The van der Waals surface area contributed by atoms with E-state index in [2.05, 4.69) is 21.9 Å². The Kier molecular flexibility index (Phi) is 4.45. The summed E-state index contributed by atoms with van der Waals surface area (Å²) in [5.74, 6) is 5.37. The monoisotopic (exact) mass is 215 g/mol. The van der Waals surface area contributed by atoms with Crippen molar-refractivity contribution in [2.45, 2.75) is 6.42 Å². The van der Waals surface area contributed by atoms with E-state index in [9.17, 15) is 9.90 Å². The highest BCUT2D eigenvalue weighted by Crippen LogP contribution is 2.18. The quantitative estimate of drug-likeness (QED) is 0.209. The van der Waals surface area contributed by atoms with Gasteiger partial charge < -0.3 is 5.11 Å². The second-order valence-corrected chi connectivity index (χ2v) is 2.87. The number of hydrogen-bond donors (Lipinski definition) is 1. The normalized spacial score (nSPS) is 8.50. The summed E-state index contributed by atoms with van der Waals surface area (Å²) in [5.41, 5.74) is 8.68. The van der Waals surface area contributed by atoms with Crippen LogP contribution in [0.15, 0.2) is 23.3 Å². The molecule has 0 aromatic heterocycles. The zero-order valence-corrected chi connectivity index (χ0v) is 8.42. The summed E-state index contributed by atoms with van der Waals surface area (Å²) in [6, 6.07) is 4.61.